The fourth-order valence-electron chi connectivity index (χ4n) is 4.22. The number of ether oxygens (including phenoxy) is 2. The van der Waals surface area contributed by atoms with Crippen LogP contribution >= 0.6 is 0 Å². The summed E-state index contributed by atoms with van der Waals surface area (Å²) in [5, 5.41) is 11.3. The number of amides is 2. The van der Waals surface area contributed by atoms with Gasteiger partial charge in [-0.25, -0.2) is 0 Å². The van der Waals surface area contributed by atoms with E-state index in [9.17, 15) is 19.7 Å². The number of imide groups is 1. The molecule has 0 radical (unpaired) electrons. The number of likely N-dealkylation sites (tertiary alicyclic amines) is 1. The van der Waals surface area contributed by atoms with Crippen molar-refractivity contribution in [2.24, 2.45) is 0 Å². The first-order valence-electron chi connectivity index (χ1n) is 9.55. The molecule has 156 valence electrons. The van der Waals surface area contributed by atoms with Gasteiger partial charge in [0.1, 0.15) is 17.1 Å². The molecule has 2 aliphatic rings. The van der Waals surface area contributed by atoms with E-state index in [-0.39, 0.29) is 29.5 Å². The van der Waals surface area contributed by atoms with E-state index in [0.717, 1.165) is 23.3 Å². The van der Waals surface area contributed by atoms with E-state index in [4.69, 9.17) is 9.47 Å². The van der Waals surface area contributed by atoms with Crippen molar-refractivity contribution in [3.8, 4) is 11.5 Å². The first-order valence-corrected chi connectivity index (χ1v) is 9.55. The number of nitro benzene ring substituents is 1. The van der Waals surface area contributed by atoms with E-state index in [2.05, 4.69) is 0 Å². The largest absolute Gasteiger partial charge is 0.497 e. The highest BCUT2D eigenvalue weighted by Crippen LogP contribution is 2.39. The summed E-state index contributed by atoms with van der Waals surface area (Å²) < 4.78 is 10.8. The minimum atomic E-state index is -0.631. The van der Waals surface area contributed by atoms with Gasteiger partial charge in [0.25, 0.3) is 17.5 Å². The van der Waals surface area contributed by atoms with E-state index in [0.29, 0.717) is 18.0 Å². The van der Waals surface area contributed by atoms with Gasteiger partial charge in [0.2, 0.25) is 0 Å². The van der Waals surface area contributed by atoms with Gasteiger partial charge in [-0.1, -0.05) is 12.1 Å². The molecule has 0 spiro atoms. The van der Waals surface area contributed by atoms with Crippen LogP contribution in [0.2, 0.25) is 0 Å². The Morgan fingerprint density at radius 3 is 2.63 bits per heavy atom. The Bertz CT molecular complexity index is 1040. The second kappa shape index (κ2) is 7.75. The van der Waals surface area contributed by atoms with Crippen molar-refractivity contribution in [3.05, 3.63) is 63.2 Å². The van der Waals surface area contributed by atoms with Gasteiger partial charge in [0, 0.05) is 30.3 Å². The third kappa shape index (κ3) is 3.17. The fourth-order valence-corrected chi connectivity index (χ4v) is 4.22. The number of benzene rings is 2. The zero-order valence-electron chi connectivity index (χ0n) is 16.7. The van der Waals surface area contributed by atoms with Crippen LogP contribution in [0.3, 0.4) is 0 Å². The Kier molecular flexibility index (Phi) is 5.13. The number of fused-ring (bicyclic) bond motifs is 1. The quantitative estimate of drug-likeness (QED) is 0.409. The molecule has 0 unspecified atom stereocenters. The number of hydrogen-bond acceptors (Lipinski definition) is 7. The second-order valence-corrected chi connectivity index (χ2v) is 7.21. The van der Waals surface area contributed by atoms with Crippen LogP contribution in [0.25, 0.3) is 0 Å². The molecule has 1 saturated heterocycles. The van der Waals surface area contributed by atoms with Crippen LogP contribution in [0, 0.1) is 10.1 Å². The van der Waals surface area contributed by atoms with Crippen LogP contribution in [-0.4, -0.2) is 54.0 Å². The SMILES string of the molecule is COc1ccc([C@@H]2CCCN2CN2C(=O)c3cccc([N+](=O)[O-])c3C2=O)c(OC)c1. The average molecular weight is 411 g/mol. The Hall–Kier alpha value is -3.46. The molecule has 0 saturated carbocycles. The molecule has 2 aliphatic heterocycles. The van der Waals surface area contributed by atoms with Gasteiger partial charge in [0.15, 0.2) is 0 Å². The number of nitro groups is 1. The maximum Gasteiger partial charge on any atom is 0.282 e. The van der Waals surface area contributed by atoms with E-state index in [1.165, 1.54) is 18.2 Å². The molecule has 30 heavy (non-hydrogen) atoms. The lowest BCUT2D eigenvalue weighted by Gasteiger charge is -2.29. The molecule has 2 aromatic rings. The standard InChI is InChI=1S/C21H21N3O6/c1-29-13-8-9-14(18(11-13)30-2)16-7-4-10-22(16)12-23-20(25)15-5-3-6-17(24(27)28)19(15)21(23)26/h3,5-6,8-9,11,16H,4,7,10,12H2,1-2H3/t16-/m0/s1. The number of rotatable bonds is 6. The van der Waals surface area contributed by atoms with Crippen LogP contribution in [0.5, 0.6) is 11.5 Å². The van der Waals surface area contributed by atoms with Crippen LogP contribution < -0.4 is 9.47 Å². The summed E-state index contributed by atoms with van der Waals surface area (Å²) in [5.41, 5.74) is 0.541. The van der Waals surface area contributed by atoms with Gasteiger partial charge in [-0.05, 0) is 25.0 Å². The number of nitrogens with zero attached hydrogens (tertiary/aromatic N) is 3. The van der Waals surface area contributed by atoms with Crippen molar-refractivity contribution >= 4 is 17.5 Å². The summed E-state index contributed by atoms with van der Waals surface area (Å²) >= 11 is 0. The lowest BCUT2D eigenvalue weighted by atomic mass is 10.0. The van der Waals surface area contributed by atoms with Crippen molar-refractivity contribution in [2.45, 2.75) is 18.9 Å². The molecule has 0 bridgehead atoms. The lowest BCUT2D eigenvalue weighted by molar-refractivity contribution is -0.385. The number of carbonyl (C=O) groups is 2. The molecule has 2 heterocycles. The van der Waals surface area contributed by atoms with E-state index >= 15 is 0 Å². The lowest BCUT2D eigenvalue weighted by Crippen LogP contribution is -2.41. The number of methoxy groups -OCH3 is 2. The molecule has 9 heteroatoms. The smallest absolute Gasteiger partial charge is 0.282 e. The Balaban J connectivity index is 1.62. The molecule has 1 fully saturated rings. The molecule has 0 aromatic heterocycles. The first kappa shape index (κ1) is 19.8. The average Bonchev–Trinajstić information content (AvgIpc) is 3.31. The predicted octanol–water partition coefficient (Wildman–Crippen LogP) is 3.00. The van der Waals surface area contributed by atoms with Crippen molar-refractivity contribution in [3.63, 3.8) is 0 Å². The highest BCUT2D eigenvalue weighted by atomic mass is 16.6. The molecule has 0 aliphatic carbocycles. The van der Waals surface area contributed by atoms with Crippen LogP contribution in [0.15, 0.2) is 36.4 Å². The van der Waals surface area contributed by atoms with Crippen molar-refractivity contribution in [2.75, 3.05) is 27.4 Å². The normalized spacial score (nSPS) is 18.6. The first-order chi connectivity index (χ1) is 14.5. The summed E-state index contributed by atoms with van der Waals surface area (Å²) in [6.07, 6.45) is 1.73. The summed E-state index contributed by atoms with van der Waals surface area (Å²) in [5.74, 6) is 0.206. The van der Waals surface area contributed by atoms with Crippen molar-refractivity contribution in [1.82, 2.24) is 9.80 Å². The number of carbonyl (C=O) groups excluding carboxylic acids is 2. The molecule has 4 rings (SSSR count). The maximum absolute atomic E-state index is 12.9. The third-order valence-electron chi connectivity index (χ3n) is 5.66. The zero-order chi connectivity index (χ0) is 21.4. The Morgan fingerprint density at radius 2 is 1.93 bits per heavy atom. The van der Waals surface area contributed by atoms with Crippen molar-refractivity contribution in [1.29, 1.82) is 0 Å². The Labute approximate surface area is 172 Å². The van der Waals surface area contributed by atoms with E-state index < -0.39 is 16.7 Å². The van der Waals surface area contributed by atoms with Crippen molar-refractivity contribution < 1.29 is 24.0 Å². The summed E-state index contributed by atoms with van der Waals surface area (Å²) in [7, 11) is 3.17. The highest BCUT2D eigenvalue weighted by Gasteiger charge is 2.43. The van der Waals surface area contributed by atoms with Gasteiger partial charge in [-0.2, -0.15) is 0 Å². The summed E-state index contributed by atoms with van der Waals surface area (Å²) in [6.45, 7) is 0.749. The molecule has 9 nitrogen and oxygen atoms in total. The monoisotopic (exact) mass is 411 g/mol. The van der Waals surface area contributed by atoms with E-state index in [1.807, 2.05) is 17.0 Å². The molecular weight excluding hydrogens is 390 g/mol. The van der Waals surface area contributed by atoms with Gasteiger partial charge in [0.05, 0.1) is 31.4 Å². The molecular formula is C21H21N3O6. The minimum Gasteiger partial charge on any atom is -0.497 e. The molecule has 2 aromatic carbocycles. The van der Waals surface area contributed by atoms with Crippen LogP contribution in [0.1, 0.15) is 45.2 Å². The highest BCUT2D eigenvalue weighted by molar-refractivity contribution is 6.23. The van der Waals surface area contributed by atoms with Gasteiger partial charge in [-0.3, -0.25) is 29.5 Å². The van der Waals surface area contributed by atoms with Crippen LogP contribution in [-0.2, 0) is 0 Å². The second-order valence-electron chi connectivity index (χ2n) is 7.21. The number of hydrogen-bond donors (Lipinski definition) is 0. The molecule has 2 amide bonds. The van der Waals surface area contributed by atoms with Gasteiger partial charge in [-0.15, -0.1) is 0 Å². The molecule has 0 N–H and O–H groups in total. The van der Waals surface area contributed by atoms with Gasteiger partial charge >= 0.3 is 0 Å². The predicted molar refractivity (Wildman–Crippen MR) is 107 cm³/mol. The zero-order valence-corrected chi connectivity index (χ0v) is 16.7. The summed E-state index contributed by atoms with van der Waals surface area (Å²) in [4.78, 5) is 39.5. The van der Waals surface area contributed by atoms with Crippen LogP contribution in [0.4, 0.5) is 5.69 Å². The summed E-state index contributed by atoms with van der Waals surface area (Å²) in [6, 6.07) is 9.65. The topological polar surface area (TPSA) is 102 Å². The van der Waals surface area contributed by atoms with E-state index in [1.54, 1.807) is 20.3 Å². The fraction of sp³-hybridized carbons (Fsp3) is 0.333. The van der Waals surface area contributed by atoms with Gasteiger partial charge < -0.3 is 9.47 Å². The minimum absolute atomic E-state index is 0.0508. The Morgan fingerprint density at radius 1 is 1.13 bits per heavy atom. The maximum atomic E-state index is 12.9. The molecule has 1 atom stereocenters. The third-order valence-corrected chi connectivity index (χ3v) is 5.66.